The number of amides is 1. The van der Waals surface area contributed by atoms with Crippen LogP contribution in [0.5, 0.6) is 0 Å². The van der Waals surface area contributed by atoms with Crippen LogP contribution in [-0.4, -0.2) is 32.2 Å². The SMILES string of the molecule is Cc1ccc(C)c(S(=O)(=O)N(C)CC(=O)Nc2cccc3ccccc23)c1. The highest BCUT2D eigenvalue weighted by atomic mass is 32.2. The molecule has 0 aliphatic rings. The van der Waals surface area contributed by atoms with Crippen molar-refractivity contribution < 1.29 is 13.2 Å². The number of sulfonamides is 1. The largest absolute Gasteiger partial charge is 0.324 e. The zero-order chi connectivity index (χ0) is 19.6. The zero-order valence-electron chi connectivity index (χ0n) is 15.6. The summed E-state index contributed by atoms with van der Waals surface area (Å²) in [6, 6.07) is 18.6. The van der Waals surface area contributed by atoms with Crippen molar-refractivity contribution in [1.82, 2.24) is 4.31 Å². The van der Waals surface area contributed by atoms with Crippen LogP contribution in [-0.2, 0) is 14.8 Å². The molecule has 3 rings (SSSR count). The van der Waals surface area contributed by atoms with E-state index in [1.807, 2.05) is 49.4 Å². The molecular formula is C21H22N2O3S. The fourth-order valence-electron chi connectivity index (χ4n) is 2.96. The second kappa shape index (κ2) is 7.50. The van der Waals surface area contributed by atoms with Crippen LogP contribution >= 0.6 is 0 Å². The number of anilines is 1. The molecule has 140 valence electrons. The molecule has 1 amide bonds. The molecule has 0 fully saturated rings. The highest BCUT2D eigenvalue weighted by Crippen LogP contribution is 2.23. The minimum atomic E-state index is -3.75. The van der Waals surface area contributed by atoms with E-state index in [1.54, 1.807) is 25.1 Å². The Morgan fingerprint density at radius 2 is 1.70 bits per heavy atom. The number of benzene rings is 3. The average Bonchev–Trinajstić information content (AvgIpc) is 2.63. The molecule has 0 atom stereocenters. The van der Waals surface area contributed by atoms with Gasteiger partial charge in [-0.2, -0.15) is 4.31 Å². The molecule has 0 spiro atoms. The van der Waals surface area contributed by atoms with Crippen LogP contribution in [0.2, 0.25) is 0 Å². The third kappa shape index (κ3) is 4.02. The molecule has 0 aliphatic carbocycles. The van der Waals surface area contributed by atoms with Crippen molar-refractivity contribution in [3.05, 3.63) is 71.8 Å². The third-order valence-electron chi connectivity index (χ3n) is 4.46. The molecule has 0 aliphatic heterocycles. The van der Waals surface area contributed by atoms with Crippen molar-refractivity contribution in [2.24, 2.45) is 0 Å². The van der Waals surface area contributed by atoms with E-state index >= 15 is 0 Å². The Balaban J connectivity index is 1.80. The third-order valence-corrected chi connectivity index (χ3v) is 6.41. The van der Waals surface area contributed by atoms with Gasteiger partial charge < -0.3 is 5.32 Å². The van der Waals surface area contributed by atoms with Crippen molar-refractivity contribution in [3.63, 3.8) is 0 Å². The Morgan fingerprint density at radius 3 is 2.48 bits per heavy atom. The van der Waals surface area contributed by atoms with Gasteiger partial charge in [0.1, 0.15) is 0 Å². The van der Waals surface area contributed by atoms with Crippen molar-refractivity contribution in [1.29, 1.82) is 0 Å². The molecule has 0 radical (unpaired) electrons. The minimum absolute atomic E-state index is 0.225. The van der Waals surface area contributed by atoms with Crippen molar-refractivity contribution in [2.45, 2.75) is 18.7 Å². The summed E-state index contributed by atoms with van der Waals surface area (Å²) in [7, 11) is -2.33. The summed E-state index contributed by atoms with van der Waals surface area (Å²) >= 11 is 0. The maximum Gasteiger partial charge on any atom is 0.243 e. The first-order valence-corrected chi connectivity index (χ1v) is 10.0. The number of hydrogen-bond acceptors (Lipinski definition) is 3. The lowest BCUT2D eigenvalue weighted by molar-refractivity contribution is -0.116. The Kier molecular flexibility index (Phi) is 5.30. The van der Waals surface area contributed by atoms with Crippen LogP contribution in [0.1, 0.15) is 11.1 Å². The molecule has 3 aromatic rings. The number of fused-ring (bicyclic) bond motifs is 1. The topological polar surface area (TPSA) is 66.5 Å². The van der Waals surface area contributed by atoms with Crippen molar-refractivity contribution in [2.75, 3.05) is 18.9 Å². The van der Waals surface area contributed by atoms with Crippen molar-refractivity contribution in [3.8, 4) is 0 Å². The average molecular weight is 382 g/mol. The van der Waals surface area contributed by atoms with Gasteiger partial charge in [-0.15, -0.1) is 0 Å². The molecule has 27 heavy (non-hydrogen) atoms. The molecule has 1 N–H and O–H groups in total. The number of likely N-dealkylation sites (N-methyl/N-ethyl adjacent to an activating group) is 1. The first-order chi connectivity index (χ1) is 12.8. The number of carbonyl (C=O) groups excluding carboxylic acids is 1. The summed E-state index contributed by atoms with van der Waals surface area (Å²) in [6.07, 6.45) is 0. The molecule has 3 aromatic carbocycles. The van der Waals surface area contributed by atoms with Gasteiger partial charge in [0.15, 0.2) is 0 Å². The van der Waals surface area contributed by atoms with Gasteiger partial charge in [-0.3, -0.25) is 4.79 Å². The Labute approximate surface area is 159 Å². The molecule has 0 bridgehead atoms. The van der Waals surface area contributed by atoms with Gasteiger partial charge in [-0.1, -0.05) is 48.5 Å². The molecule has 5 nitrogen and oxygen atoms in total. The molecule has 0 heterocycles. The van der Waals surface area contributed by atoms with Crippen LogP contribution in [0, 0.1) is 13.8 Å². The minimum Gasteiger partial charge on any atom is -0.324 e. The first-order valence-electron chi connectivity index (χ1n) is 8.60. The number of nitrogens with one attached hydrogen (secondary N) is 1. The number of hydrogen-bond donors (Lipinski definition) is 1. The summed E-state index contributed by atoms with van der Waals surface area (Å²) in [6.45, 7) is 3.32. The van der Waals surface area contributed by atoms with E-state index in [9.17, 15) is 13.2 Å². The van der Waals surface area contributed by atoms with E-state index in [0.29, 0.717) is 11.3 Å². The van der Waals surface area contributed by atoms with Gasteiger partial charge in [-0.25, -0.2) is 8.42 Å². The van der Waals surface area contributed by atoms with E-state index in [2.05, 4.69) is 5.32 Å². The summed E-state index contributed by atoms with van der Waals surface area (Å²) in [5.74, 6) is -0.386. The van der Waals surface area contributed by atoms with Gasteiger partial charge >= 0.3 is 0 Å². The van der Waals surface area contributed by atoms with E-state index in [1.165, 1.54) is 7.05 Å². The number of aryl methyl sites for hydroxylation is 2. The molecule has 0 saturated heterocycles. The number of carbonyl (C=O) groups is 1. The van der Waals surface area contributed by atoms with Gasteiger partial charge in [0.05, 0.1) is 11.4 Å². The van der Waals surface area contributed by atoms with E-state index in [4.69, 9.17) is 0 Å². The normalized spacial score (nSPS) is 11.7. The lowest BCUT2D eigenvalue weighted by Gasteiger charge is -2.19. The molecule has 6 heteroatoms. The van der Waals surface area contributed by atoms with E-state index in [-0.39, 0.29) is 17.3 Å². The molecule has 0 aromatic heterocycles. The summed E-state index contributed by atoms with van der Waals surface area (Å²) in [4.78, 5) is 12.7. The molecule has 0 unspecified atom stereocenters. The van der Waals surface area contributed by atoms with Gasteiger partial charge in [-0.05, 0) is 42.5 Å². The van der Waals surface area contributed by atoms with E-state index in [0.717, 1.165) is 20.6 Å². The number of nitrogens with zero attached hydrogens (tertiary/aromatic N) is 1. The van der Waals surface area contributed by atoms with Gasteiger partial charge in [0.2, 0.25) is 15.9 Å². The van der Waals surface area contributed by atoms with Crippen LogP contribution < -0.4 is 5.32 Å². The summed E-state index contributed by atoms with van der Waals surface area (Å²) in [5, 5.41) is 4.74. The fourth-order valence-corrected chi connectivity index (χ4v) is 4.40. The number of rotatable bonds is 5. The maximum atomic E-state index is 12.9. The second-order valence-electron chi connectivity index (χ2n) is 6.60. The second-order valence-corrected chi connectivity index (χ2v) is 8.62. The monoisotopic (exact) mass is 382 g/mol. The lowest BCUT2D eigenvalue weighted by Crippen LogP contribution is -2.35. The Hall–Kier alpha value is -2.70. The lowest BCUT2D eigenvalue weighted by atomic mass is 10.1. The highest BCUT2D eigenvalue weighted by Gasteiger charge is 2.25. The quantitative estimate of drug-likeness (QED) is 0.731. The van der Waals surface area contributed by atoms with E-state index < -0.39 is 10.0 Å². The smallest absolute Gasteiger partial charge is 0.243 e. The Morgan fingerprint density at radius 1 is 1.00 bits per heavy atom. The fraction of sp³-hybridized carbons (Fsp3) is 0.190. The molecule has 0 saturated carbocycles. The van der Waals surface area contributed by atoms with Crippen LogP contribution in [0.4, 0.5) is 5.69 Å². The highest BCUT2D eigenvalue weighted by molar-refractivity contribution is 7.89. The summed E-state index contributed by atoms with van der Waals surface area (Å²) in [5.41, 5.74) is 2.17. The van der Waals surface area contributed by atoms with Crippen LogP contribution in [0.25, 0.3) is 10.8 Å². The van der Waals surface area contributed by atoms with Crippen molar-refractivity contribution >= 4 is 32.4 Å². The maximum absolute atomic E-state index is 12.9. The summed E-state index contributed by atoms with van der Waals surface area (Å²) < 4.78 is 26.8. The predicted octanol–water partition coefficient (Wildman–Crippen LogP) is 3.72. The first kappa shape index (κ1) is 19.1. The molecular weight excluding hydrogens is 360 g/mol. The standard InChI is InChI=1S/C21H22N2O3S/c1-15-11-12-16(2)20(13-15)27(25,26)23(3)14-21(24)22-19-10-6-8-17-7-4-5-9-18(17)19/h4-13H,14H2,1-3H3,(H,22,24). The Bertz CT molecular complexity index is 1100. The van der Waals surface area contributed by atoms with Crippen LogP contribution in [0.15, 0.2) is 65.6 Å². The van der Waals surface area contributed by atoms with Crippen LogP contribution in [0.3, 0.4) is 0 Å². The van der Waals surface area contributed by atoms with Gasteiger partial charge in [0, 0.05) is 18.1 Å². The zero-order valence-corrected chi connectivity index (χ0v) is 16.4. The van der Waals surface area contributed by atoms with Gasteiger partial charge in [0.25, 0.3) is 0 Å². The predicted molar refractivity (Wildman–Crippen MR) is 108 cm³/mol.